The second-order valence-corrected chi connectivity index (χ2v) is 8.72. The first kappa shape index (κ1) is 23.0. The van der Waals surface area contributed by atoms with E-state index in [-0.39, 0.29) is 31.3 Å². The van der Waals surface area contributed by atoms with Crippen LogP contribution >= 0.6 is 8.03 Å². The molecule has 1 rings (SSSR count). The molecule has 0 spiro atoms. The zero-order valence-corrected chi connectivity index (χ0v) is 16.6. The Morgan fingerprint density at radius 1 is 1.19 bits per heavy atom. The van der Waals surface area contributed by atoms with Crippen molar-refractivity contribution in [2.24, 2.45) is 17.6 Å². The summed E-state index contributed by atoms with van der Waals surface area (Å²) in [6, 6.07) is -0.675. The molecule has 2 unspecified atom stereocenters. The molecule has 1 aliphatic carbocycles. The van der Waals surface area contributed by atoms with E-state index in [0.717, 1.165) is 32.1 Å². The molecule has 1 aliphatic rings. The van der Waals surface area contributed by atoms with Crippen LogP contribution in [-0.4, -0.2) is 52.7 Å². The fourth-order valence-electron chi connectivity index (χ4n) is 3.23. The molecule has 1 saturated carbocycles. The van der Waals surface area contributed by atoms with Crippen LogP contribution in [0.15, 0.2) is 0 Å². The Bertz CT molecular complexity index is 483. The van der Waals surface area contributed by atoms with Gasteiger partial charge in [-0.05, 0) is 23.3 Å². The lowest BCUT2D eigenvalue weighted by Gasteiger charge is -2.24. The second kappa shape index (κ2) is 11.6. The van der Waals surface area contributed by atoms with Crippen LogP contribution in [0.5, 0.6) is 0 Å². The first-order chi connectivity index (χ1) is 12.2. The summed E-state index contributed by atoms with van der Waals surface area (Å²) in [7, 11) is -2.37. The number of carbonyl (C=O) groups is 2. The molecule has 8 nitrogen and oxygen atoms in total. The van der Waals surface area contributed by atoms with Crippen LogP contribution < -0.4 is 16.4 Å². The molecule has 6 N–H and O–H groups in total. The predicted molar refractivity (Wildman–Crippen MR) is 99.6 cm³/mol. The molecule has 0 aliphatic heterocycles. The lowest BCUT2D eigenvalue weighted by Crippen LogP contribution is -2.47. The molecular weight excluding hydrogens is 357 g/mol. The van der Waals surface area contributed by atoms with Crippen molar-refractivity contribution in [2.45, 2.75) is 70.2 Å². The molecule has 4 atom stereocenters. The Morgan fingerprint density at radius 3 is 2.35 bits per heavy atom. The minimum Gasteiger partial charge on any atom is -0.391 e. The van der Waals surface area contributed by atoms with E-state index in [1.54, 1.807) is 0 Å². The van der Waals surface area contributed by atoms with Gasteiger partial charge in [-0.3, -0.25) is 9.59 Å². The van der Waals surface area contributed by atoms with Gasteiger partial charge in [0, 0.05) is 18.9 Å². The molecule has 9 heteroatoms. The third-order valence-corrected chi connectivity index (χ3v) is 6.17. The highest BCUT2D eigenvalue weighted by atomic mass is 31.1. The maximum absolute atomic E-state index is 11.8. The average molecular weight is 390 g/mol. The summed E-state index contributed by atoms with van der Waals surface area (Å²) in [4.78, 5) is 33.1. The van der Waals surface area contributed by atoms with E-state index < -0.39 is 37.6 Å². The lowest BCUT2D eigenvalue weighted by atomic mass is 9.85. The number of nitrogens with one attached hydrogen (secondary N) is 2. The maximum Gasteiger partial charge on any atom is 0.509 e. The Morgan fingerprint density at radius 2 is 1.81 bits per heavy atom. The van der Waals surface area contributed by atoms with Crippen LogP contribution in [0, 0.1) is 11.8 Å². The molecule has 0 bridgehead atoms. The van der Waals surface area contributed by atoms with Gasteiger partial charge in [0.15, 0.2) is 5.66 Å². The lowest BCUT2D eigenvalue weighted by molar-refractivity contribution is -0.127. The summed E-state index contributed by atoms with van der Waals surface area (Å²) >= 11 is 0. The molecule has 2 amide bonds. The van der Waals surface area contributed by atoms with Crippen LogP contribution in [-0.2, 0) is 14.2 Å². The summed E-state index contributed by atoms with van der Waals surface area (Å²) < 4.78 is 11.7. The molecule has 150 valence electrons. The minimum absolute atomic E-state index is 0.0165. The molecular formula is C17H33N3O5P+. The van der Waals surface area contributed by atoms with Crippen molar-refractivity contribution in [2.75, 3.05) is 13.1 Å². The highest BCUT2D eigenvalue weighted by Gasteiger charge is 2.39. The smallest absolute Gasteiger partial charge is 0.391 e. The SMILES string of the molecule is CC(C)[C@H](N)C(=O)NCC(=O)NC[C@H](O)CC(C1CCCCC1)[P+](=O)O. The third kappa shape index (κ3) is 8.08. The molecule has 0 saturated heterocycles. The molecule has 0 radical (unpaired) electrons. The van der Waals surface area contributed by atoms with Crippen molar-refractivity contribution >= 4 is 19.8 Å². The summed E-state index contributed by atoms with van der Waals surface area (Å²) in [5, 5.41) is 15.1. The van der Waals surface area contributed by atoms with Crippen LogP contribution in [0.2, 0.25) is 0 Å². The number of amides is 2. The standard InChI is InChI=1S/C17H32N3O5P/c1-11(2)16(18)17(23)20-10-15(22)19-9-13(21)8-14(26(24)25)12-6-4-3-5-7-12/h11-14,16,21H,3-10,18H2,1-2H3,(H2-,19,20,22,23,24,25)/p+1/t13-,14?,16+/m1/s1. The number of carbonyl (C=O) groups excluding carboxylic acids is 2. The van der Waals surface area contributed by atoms with Gasteiger partial charge >= 0.3 is 8.03 Å². The average Bonchev–Trinajstić information content (AvgIpc) is 2.62. The van der Waals surface area contributed by atoms with Gasteiger partial charge in [-0.1, -0.05) is 33.1 Å². The molecule has 1 fully saturated rings. The second-order valence-electron chi connectivity index (χ2n) is 7.45. The zero-order valence-electron chi connectivity index (χ0n) is 15.7. The number of aliphatic hydroxyl groups excluding tert-OH is 1. The Labute approximate surface area is 156 Å². The molecule has 26 heavy (non-hydrogen) atoms. The van der Waals surface area contributed by atoms with Gasteiger partial charge in [0.25, 0.3) is 0 Å². The van der Waals surface area contributed by atoms with E-state index in [9.17, 15) is 24.2 Å². The fourth-order valence-corrected chi connectivity index (χ4v) is 4.31. The number of rotatable bonds is 10. The van der Waals surface area contributed by atoms with E-state index >= 15 is 0 Å². The molecule has 0 aromatic rings. The number of nitrogens with two attached hydrogens (primary N) is 1. The molecule has 0 heterocycles. The van der Waals surface area contributed by atoms with Crippen molar-refractivity contribution in [3.8, 4) is 0 Å². The van der Waals surface area contributed by atoms with Gasteiger partial charge in [-0.2, -0.15) is 4.89 Å². The van der Waals surface area contributed by atoms with Crippen LogP contribution in [0.1, 0.15) is 52.4 Å². The number of hydrogen-bond donors (Lipinski definition) is 5. The van der Waals surface area contributed by atoms with Crippen molar-refractivity contribution in [3.63, 3.8) is 0 Å². The Kier molecular flexibility index (Phi) is 10.2. The first-order valence-electron chi connectivity index (χ1n) is 9.35. The van der Waals surface area contributed by atoms with Gasteiger partial charge in [0.1, 0.15) is 0 Å². The summed E-state index contributed by atoms with van der Waals surface area (Å²) in [5.41, 5.74) is 5.24. The summed E-state index contributed by atoms with van der Waals surface area (Å²) in [6.45, 7) is 3.40. The van der Waals surface area contributed by atoms with Crippen molar-refractivity contribution < 1.29 is 24.2 Å². The number of aliphatic hydroxyl groups is 1. The topological polar surface area (TPSA) is 142 Å². The zero-order chi connectivity index (χ0) is 19.7. The minimum atomic E-state index is -2.37. The quantitative estimate of drug-likeness (QED) is 0.347. The normalized spacial score (nSPS) is 19.5. The largest absolute Gasteiger partial charge is 0.509 e. The van der Waals surface area contributed by atoms with Crippen LogP contribution in [0.3, 0.4) is 0 Å². The van der Waals surface area contributed by atoms with Crippen LogP contribution in [0.25, 0.3) is 0 Å². The highest BCUT2D eigenvalue weighted by molar-refractivity contribution is 7.38. The van der Waals surface area contributed by atoms with Gasteiger partial charge in [-0.25, -0.2) is 0 Å². The van der Waals surface area contributed by atoms with Crippen LogP contribution in [0.4, 0.5) is 0 Å². The van der Waals surface area contributed by atoms with E-state index in [1.165, 1.54) is 0 Å². The predicted octanol–water partition coefficient (Wildman–Crippen LogP) is 0.637. The third-order valence-electron chi connectivity index (χ3n) is 4.97. The van der Waals surface area contributed by atoms with Crippen molar-refractivity contribution in [3.05, 3.63) is 0 Å². The fraction of sp³-hybridized carbons (Fsp3) is 0.882. The summed E-state index contributed by atoms with van der Waals surface area (Å²) in [5.74, 6) is -0.710. The Balaban J connectivity index is 2.35. The maximum atomic E-state index is 11.8. The summed E-state index contributed by atoms with van der Waals surface area (Å²) in [6.07, 6.45) is 4.36. The monoisotopic (exact) mass is 390 g/mol. The van der Waals surface area contributed by atoms with Gasteiger partial charge < -0.3 is 21.5 Å². The Hall–Kier alpha value is -1.08. The van der Waals surface area contributed by atoms with Gasteiger partial charge in [0.05, 0.1) is 18.7 Å². The van der Waals surface area contributed by atoms with Gasteiger partial charge in [0.2, 0.25) is 11.8 Å². The van der Waals surface area contributed by atoms with E-state index in [2.05, 4.69) is 10.6 Å². The molecule has 0 aromatic heterocycles. The van der Waals surface area contributed by atoms with Crippen molar-refractivity contribution in [1.29, 1.82) is 0 Å². The van der Waals surface area contributed by atoms with E-state index in [1.807, 2.05) is 13.8 Å². The number of hydrogen-bond acceptors (Lipinski definition) is 5. The molecule has 0 aromatic carbocycles. The first-order valence-corrected chi connectivity index (χ1v) is 10.6. The van der Waals surface area contributed by atoms with E-state index in [0.29, 0.717) is 0 Å². The van der Waals surface area contributed by atoms with Crippen molar-refractivity contribution in [1.82, 2.24) is 10.6 Å². The highest BCUT2D eigenvalue weighted by Crippen LogP contribution is 2.40. The van der Waals surface area contributed by atoms with Gasteiger partial charge in [-0.15, -0.1) is 0 Å². The van der Waals surface area contributed by atoms with E-state index in [4.69, 9.17) is 5.73 Å².